The first-order valence-electron chi connectivity index (χ1n) is 8.17. The molecule has 0 radical (unpaired) electrons. The van der Waals surface area contributed by atoms with Gasteiger partial charge in [-0.25, -0.2) is 4.39 Å². The summed E-state index contributed by atoms with van der Waals surface area (Å²) in [5.74, 6) is 0.120. The lowest BCUT2D eigenvalue weighted by atomic mass is 10.1. The Hall–Kier alpha value is -1.99. The van der Waals surface area contributed by atoms with Crippen molar-refractivity contribution in [3.63, 3.8) is 0 Å². The average molecular weight is 361 g/mol. The SMILES string of the molecule is C[C@@H]1CN(C(=O)CSc2ccc(-c3ccc(F)cc3)nn2)C[C@H](C)O1. The molecule has 2 heterocycles. The van der Waals surface area contributed by atoms with Gasteiger partial charge in [0.2, 0.25) is 5.91 Å². The quantitative estimate of drug-likeness (QED) is 0.784. The molecule has 0 unspecified atom stereocenters. The number of halogens is 1. The summed E-state index contributed by atoms with van der Waals surface area (Å²) in [6.07, 6.45) is 0.125. The van der Waals surface area contributed by atoms with E-state index in [0.29, 0.717) is 29.6 Å². The van der Waals surface area contributed by atoms with E-state index < -0.39 is 0 Å². The molecule has 0 saturated carbocycles. The maximum Gasteiger partial charge on any atom is 0.233 e. The Bertz CT molecular complexity index is 714. The van der Waals surface area contributed by atoms with Gasteiger partial charge < -0.3 is 9.64 Å². The topological polar surface area (TPSA) is 55.3 Å². The third-order valence-electron chi connectivity index (χ3n) is 3.90. The second-order valence-corrected chi connectivity index (χ2v) is 7.10. The van der Waals surface area contributed by atoms with Gasteiger partial charge in [-0.2, -0.15) is 0 Å². The van der Waals surface area contributed by atoms with Crippen molar-refractivity contribution < 1.29 is 13.9 Å². The molecular formula is C18H20FN3O2S. The Kier molecular flexibility index (Phi) is 5.65. The van der Waals surface area contributed by atoms with E-state index in [4.69, 9.17) is 4.74 Å². The molecule has 5 nitrogen and oxygen atoms in total. The van der Waals surface area contributed by atoms with Gasteiger partial charge in [0.1, 0.15) is 10.8 Å². The molecule has 0 aliphatic carbocycles. The van der Waals surface area contributed by atoms with Crippen LogP contribution in [0, 0.1) is 5.82 Å². The first-order valence-corrected chi connectivity index (χ1v) is 9.15. The number of hydrogen-bond donors (Lipinski definition) is 0. The molecule has 25 heavy (non-hydrogen) atoms. The van der Waals surface area contributed by atoms with Gasteiger partial charge in [-0.15, -0.1) is 10.2 Å². The van der Waals surface area contributed by atoms with Crippen molar-refractivity contribution >= 4 is 17.7 Å². The number of thioether (sulfide) groups is 1. The molecule has 3 rings (SSSR count). The smallest absolute Gasteiger partial charge is 0.233 e. The number of morpholine rings is 1. The van der Waals surface area contributed by atoms with Crippen LogP contribution >= 0.6 is 11.8 Å². The Labute approximate surface area is 150 Å². The van der Waals surface area contributed by atoms with E-state index in [1.165, 1.54) is 23.9 Å². The molecule has 1 amide bonds. The van der Waals surface area contributed by atoms with Gasteiger partial charge in [-0.1, -0.05) is 11.8 Å². The molecule has 7 heteroatoms. The number of carbonyl (C=O) groups excluding carboxylic acids is 1. The molecule has 132 valence electrons. The van der Waals surface area contributed by atoms with Gasteiger partial charge in [-0.3, -0.25) is 4.79 Å². The third-order valence-corrected chi connectivity index (χ3v) is 4.80. The molecule has 0 spiro atoms. The van der Waals surface area contributed by atoms with Crippen LogP contribution < -0.4 is 0 Å². The van der Waals surface area contributed by atoms with Crippen molar-refractivity contribution in [3.8, 4) is 11.3 Å². The molecule has 1 saturated heterocycles. The predicted molar refractivity (Wildman–Crippen MR) is 94.7 cm³/mol. The van der Waals surface area contributed by atoms with Crippen molar-refractivity contribution in [3.05, 3.63) is 42.2 Å². The molecular weight excluding hydrogens is 341 g/mol. The van der Waals surface area contributed by atoms with Gasteiger partial charge in [0.05, 0.1) is 23.7 Å². The highest BCUT2D eigenvalue weighted by molar-refractivity contribution is 7.99. The highest BCUT2D eigenvalue weighted by Crippen LogP contribution is 2.21. The summed E-state index contributed by atoms with van der Waals surface area (Å²) >= 11 is 1.37. The van der Waals surface area contributed by atoms with E-state index in [1.807, 2.05) is 30.9 Å². The third kappa shape index (κ3) is 4.76. The molecule has 2 atom stereocenters. The Morgan fingerprint density at radius 1 is 1.16 bits per heavy atom. The lowest BCUT2D eigenvalue weighted by Gasteiger charge is -2.35. The fourth-order valence-electron chi connectivity index (χ4n) is 2.78. The van der Waals surface area contributed by atoms with E-state index in [1.54, 1.807) is 12.1 Å². The summed E-state index contributed by atoms with van der Waals surface area (Å²) in [6, 6.07) is 9.76. The zero-order valence-corrected chi connectivity index (χ0v) is 15.0. The minimum absolute atomic E-state index is 0.0625. The predicted octanol–water partition coefficient (Wildman–Crippen LogP) is 3.01. The molecule has 1 fully saturated rings. The summed E-state index contributed by atoms with van der Waals surface area (Å²) in [5, 5.41) is 8.99. The van der Waals surface area contributed by atoms with Gasteiger partial charge in [0.15, 0.2) is 0 Å². The van der Waals surface area contributed by atoms with Crippen molar-refractivity contribution in [2.24, 2.45) is 0 Å². The lowest BCUT2D eigenvalue weighted by molar-refractivity contribution is -0.140. The average Bonchev–Trinajstić information content (AvgIpc) is 2.60. The second kappa shape index (κ2) is 7.93. The molecule has 1 aliphatic heterocycles. The molecule has 0 bridgehead atoms. The Morgan fingerprint density at radius 2 is 1.84 bits per heavy atom. The first-order chi connectivity index (χ1) is 12.0. The van der Waals surface area contributed by atoms with E-state index in [9.17, 15) is 9.18 Å². The fourth-order valence-corrected chi connectivity index (χ4v) is 3.50. The van der Waals surface area contributed by atoms with Crippen LogP contribution in [0.5, 0.6) is 0 Å². The van der Waals surface area contributed by atoms with E-state index in [2.05, 4.69) is 10.2 Å². The Morgan fingerprint density at radius 3 is 2.44 bits per heavy atom. The normalized spacial score (nSPS) is 20.5. The van der Waals surface area contributed by atoms with E-state index in [-0.39, 0.29) is 23.9 Å². The monoisotopic (exact) mass is 361 g/mol. The minimum atomic E-state index is -0.283. The maximum absolute atomic E-state index is 13.0. The summed E-state index contributed by atoms with van der Waals surface area (Å²) in [5.41, 5.74) is 1.48. The lowest BCUT2D eigenvalue weighted by Crippen LogP contribution is -2.48. The second-order valence-electron chi connectivity index (χ2n) is 6.11. The number of benzene rings is 1. The summed E-state index contributed by atoms with van der Waals surface area (Å²) in [7, 11) is 0. The first kappa shape index (κ1) is 17.8. The van der Waals surface area contributed by atoms with Crippen molar-refractivity contribution in [2.75, 3.05) is 18.8 Å². The van der Waals surface area contributed by atoms with E-state index in [0.717, 1.165) is 5.56 Å². The standard InChI is InChI=1S/C18H20FN3O2S/c1-12-9-22(10-13(2)24-12)18(23)11-25-17-8-7-16(20-21-17)14-3-5-15(19)6-4-14/h3-8,12-13H,9-11H2,1-2H3/t12-,13+. The van der Waals surface area contributed by atoms with Crippen LogP contribution in [-0.2, 0) is 9.53 Å². The number of aromatic nitrogens is 2. The van der Waals surface area contributed by atoms with Crippen LogP contribution in [0.2, 0.25) is 0 Å². The van der Waals surface area contributed by atoms with Crippen LogP contribution in [0.15, 0.2) is 41.4 Å². The number of nitrogens with zero attached hydrogens (tertiary/aromatic N) is 3. The molecule has 1 aromatic heterocycles. The van der Waals surface area contributed by atoms with Crippen molar-refractivity contribution in [2.45, 2.75) is 31.1 Å². The van der Waals surface area contributed by atoms with E-state index >= 15 is 0 Å². The van der Waals surface area contributed by atoms with Crippen molar-refractivity contribution in [1.29, 1.82) is 0 Å². The highest BCUT2D eigenvalue weighted by atomic mass is 32.2. The number of rotatable bonds is 4. The van der Waals surface area contributed by atoms with Crippen LogP contribution in [-0.4, -0.2) is 52.1 Å². The number of carbonyl (C=O) groups is 1. The zero-order chi connectivity index (χ0) is 17.8. The molecule has 1 aliphatic rings. The highest BCUT2D eigenvalue weighted by Gasteiger charge is 2.25. The van der Waals surface area contributed by atoms with Crippen LogP contribution in [0.25, 0.3) is 11.3 Å². The Balaban J connectivity index is 1.56. The van der Waals surface area contributed by atoms with Gasteiger partial charge >= 0.3 is 0 Å². The summed E-state index contributed by atoms with van der Waals surface area (Å²) in [6.45, 7) is 5.20. The van der Waals surface area contributed by atoms with Crippen LogP contribution in [0.4, 0.5) is 4.39 Å². The molecule has 2 aromatic rings. The summed E-state index contributed by atoms with van der Waals surface area (Å²) < 4.78 is 18.6. The number of amides is 1. The minimum Gasteiger partial charge on any atom is -0.372 e. The largest absolute Gasteiger partial charge is 0.372 e. The van der Waals surface area contributed by atoms with Gasteiger partial charge in [0, 0.05) is 18.7 Å². The van der Waals surface area contributed by atoms with Crippen LogP contribution in [0.1, 0.15) is 13.8 Å². The molecule has 1 aromatic carbocycles. The number of ether oxygens (including phenoxy) is 1. The maximum atomic E-state index is 13.0. The number of hydrogen-bond acceptors (Lipinski definition) is 5. The van der Waals surface area contributed by atoms with Crippen LogP contribution in [0.3, 0.4) is 0 Å². The summed E-state index contributed by atoms with van der Waals surface area (Å²) in [4.78, 5) is 14.2. The zero-order valence-electron chi connectivity index (χ0n) is 14.2. The molecule has 0 N–H and O–H groups in total. The van der Waals surface area contributed by atoms with Crippen molar-refractivity contribution in [1.82, 2.24) is 15.1 Å². The van der Waals surface area contributed by atoms with Gasteiger partial charge in [-0.05, 0) is 50.2 Å². The fraction of sp³-hybridized carbons (Fsp3) is 0.389. The van der Waals surface area contributed by atoms with Gasteiger partial charge in [0.25, 0.3) is 0 Å².